The highest BCUT2D eigenvalue weighted by molar-refractivity contribution is 7.15. The zero-order valence-electron chi connectivity index (χ0n) is 12.7. The molecule has 0 radical (unpaired) electrons. The zero-order valence-corrected chi connectivity index (χ0v) is 13.5. The van der Waals surface area contributed by atoms with Gasteiger partial charge in [-0.3, -0.25) is 4.40 Å². The van der Waals surface area contributed by atoms with Crippen LogP contribution in [0.25, 0.3) is 16.4 Å². The number of nitrogens with zero attached hydrogens (tertiary/aromatic N) is 5. The third-order valence-electron chi connectivity index (χ3n) is 3.99. The summed E-state index contributed by atoms with van der Waals surface area (Å²) < 4.78 is 7.33. The molecule has 1 aliphatic rings. The summed E-state index contributed by atoms with van der Waals surface area (Å²) in [4.78, 5) is 14.4. The van der Waals surface area contributed by atoms with Gasteiger partial charge in [-0.15, -0.1) is 11.3 Å². The Morgan fingerprint density at radius 3 is 3.04 bits per heavy atom. The number of pyridine rings is 1. The van der Waals surface area contributed by atoms with Gasteiger partial charge in [0.05, 0.1) is 17.8 Å². The van der Waals surface area contributed by atoms with Gasteiger partial charge in [-0.1, -0.05) is 5.16 Å². The van der Waals surface area contributed by atoms with E-state index in [0.29, 0.717) is 18.4 Å². The summed E-state index contributed by atoms with van der Waals surface area (Å²) in [6.07, 6.45) is 8.09. The summed E-state index contributed by atoms with van der Waals surface area (Å²) in [5, 5.41) is 9.32. The lowest BCUT2D eigenvalue weighted by molar-refractivity contribution is 0.422. The van der Waals surface area contributed by atoms with Crippen LogP contribution >= 0.6 is 11.3 Å². The van der Waals surface area contributed by atoms with Crippen molar-refractivity contribution >= 4 is 22.1 Å². The van der Waals surface area contributed by atoms with Crippen LogP contribution in [-0.4, -0.2) is 24.5 Å². The van der Waals surface area contributed by atoms with Gasteiger partial charge in [0.2, 0.25) is 0 Å². The maximum atomic E-state index is 5.31. The van der Waals surface area contributed by atoms with Crippen molar-refractivity contribution in [1.29, 1.82) is 0 Å². The second-order valence-corrected chi connectivity index (χ2v) is 6.72. The molecule has 4 aromatic heterocycles. The fourth-order valence-electron chi connectivity index (χ4n) is 2.53. The molecule has 0 unspecified atom stereocenters. The summed E-state index contributed by atoms with van der Waals surface area (Å²) in [6, 6.07) is 3.85. The fourth-order valence-corrected chi connectivity index (χ4v) is 3.25. The molecule has 0 aliphatic heterocycles. The standard InChI is InChI=1S/C16H14N6OS/c1-2-10(1)14-20-15(23-21-14)11-3-4-13(17-7-11)18-8-12-9-22-5-6-24-16(22)19-12/h3-7,9-10H,1-2,8H2,(H,17,18). The van der Waals surface area contributed by atoms with Crippen LogP contribution < -0.4 is 5.32 Å². The number of thiazole rings is 1. The summed E-state index contributed by atoms with van der Waals surface area (Å²) in [6.45, 7) is 0.632. The smallest absolute Gasteiger partial charge is 0.259 e. The van der Waals surface area contributed by atoms with Crippen LogP contribution in [0, 0.1) is 0 Å². The van der Waals surface area contributed by atoms with Crippen LogP contribution in [0.2, 0.25) is 0 Å². The maximum absolute atomic E-state index is 5.31. The fraction of sp³-hybridized carbons (Fsp3) is 0.250. The quantitative estimate of drug-likeness (QED) is 0.601. The molecule has 0 aromatic carbocycles. The molecule has 24 heavy (non-hydrogen) atoms. The summed E-state index contributed by atoms with van der Waals surface area (Å²) in [5.41, 5.74) is 1.82. The highest BCUT2D eigenvalue weighted by Gasteiger charge is 2.28. The Labute approximate surface area is 141 Å². The first-order valence-corrected chi connectivity index (χ1v) is 8.68. The van der Waals surface area contributed by atoms with Crippen molar-refractivity contribution in [3.05, 3.63) is 47.6 Å². The van der Waals surface area contributed by atoms with Crippen molar-refractivity contribution in [1.82, 2.24) is 24.5 Å². The van der Waals surface area contributed by atoms with Crippen molar-refractivity contribution in [3.63, 3.8) is 0 Å². The van der Waals surface area contributed by atoms with E-state index < -0.39 is 0 Å². The molecule has 1 saturated carbocycles. The average molecular weight is 338 g/mol. The number of hydrogen-bond acceptors (Lipinski definition) is 7. The number of anilines is 1. The van der Waals surface area contributed by atoms with E-state index in [1.54, 1.807) is 17.5 Å². The molecule has 0 amide bonds. The number of aromatic nitrogens is 5. The first-order valence-electron chi connectivity index (χ1n) is 7.80. The van der Waals surface area contributed by atoms with E-state index in [4.69, 9.17) is 4.52 Å². The summed E-state index contributed by atoms with van der Waals surface area (Å²) in [5.74, 6) is 2.62. The minimum absolute atomic E-state index is 0.487. The molecule has 4 aromatic rings. The normalized spacial score (nSPS) is 14.3. The Kier molecular flexibility index (Phi) is 3.08. The van der Waals surface area contributed by atoms with Gasteiger partial charge in [-0.05, 0) is 25.0 Å². The molecule has 1 aliphatic carbocycles. The average Bonchev–Trinajstić information content (AvgIpc) is 3.02. The van der Waals surface area contributed by atoms with Crippen LogP contribution in [0.3, 0.4) is 0 Å². The maximum Gasteiger partial charge on any atom is 0.259 e. The highest BCUT2D eigenvalue weighted by Crippen LogP contribution is 2.38. The molecule has 7 nitrogen and oxygen atoms in total. The third kappa shape index (κ3) is 2.54. The van der Waals surface area contributed by atoms with Crippen LogP contribution in [0.1, 0.15) is 30.3 Å². The third-order valence-corrected chi connectivity index (χ3v) is 4.76. The summed E-state index contributed by atoms with van der Waals surface area (Å²) >= 11 is 1.62. The van der Waals surface area contributed by atoms with Gasteiger partial charge in [0, 0.05) is 29.9 Å². The van der Waals surface area contributed by atoms with Gasteiger partial charge in [-0.2, -0.15) is 4.98 Å². The Morgan fingerprint density at radius 1 is 1.29 bits per heavy atom. The molecule has 5 rings (SSSR count). The SMILES string of the molecule is c1cn2cc(CNc3ccc(-c4nc(C5CC5)no4)cn3)nc2s1. The van der Waals surface area contributed by atoms with Crippen molar-refractivity contribution in [3.8, 4) is 11.5 Å². The Balaban J connectivity index is 1.27. The topological polar surface area (TPSA) is 81.1 Å². The monoisotopic (exact) mass is 338 g/mol. The van der Waals surface area contributed by atoms with Crippen molar-refractivity contribution in [2.75, 3.05) is 5.32 Å². The van der Waals surface area contributed by atoms with Crippen molar-refractivity contribution in [2.45, 2.75) is 25.3 Å². The van der Waals surface area contributed by atoms with Gasteiger partial charge < -0.3 is 9.84 Å². The Morgan fingerprint density at radius 2 is 2.25 bits per heavy atom. The van der Waals surface area contributed by atoms with E-state index >= 15 is 0 Å². The first kappa shape index (κ1) is 13.7. The van der Waals surface area contributed by atoms with Gasteiger partial charge in [-0.25, -0.2) is 9.97 Å². The molecule has 0 atom stereocenters. The van der Waals surface area contributed by atoms with Crippen LogP contribution in [-0.2, 0) is 6.54 Å². The molecule has 0 spiro atoms. The van der Waals surface area contributed by atoms with Crippen LogP contribution in [0.5, 0.6) is 0 Å². The largest absolute Gasteiger partial charge is 0.364 e. The molecule has 120 valence electrons. The molecule has 0 bridgehead atoms. The predicted molar refractivity (Wildman–Crippen MR) is 89.9 cm³/mol. The van der Waals surface area contributed by atoms with E-state index in [2.05, 4.69) is 25.4 Å². The number of rotatable bonds is 5. The lowest BCUT2D eigenvalue weighted by Gasteiger charge is -2.03. The number of hydrogen-bond donors (Lipinski definition) is 1. The van der Waals surface area contributed by atoms with Gasteiger partial charge >= 0.3 is 0 Å². The molecule has 1 N–H and O–H groups in total. The molecule has 8 heteroatoms. The lowest BCUT2D eigenvalue weighted by atomic mass is 10.3. The first-order chi connectivity index (χ1) is 11.8. The van der Waals surface area contributed by atoms with E-state index in [0.717, 1.165) is 40.7 Å². The lowest BCUT2D eigenvalue weighted by Crippen LogP contribution is -2.01. The number of fused-ring (bicyclic) bond motifs is 1. The van der Waals surface area contributed by atoms with E-state index in [9.17, 15) is 0 Å². The Hall–Kier alpha value is -2.74. The van der Waals surface area contributed by atoms with E-state index in [1.807, 2.05) is 34.3 Å². The molecular formula is C16H14N6OS. The molecule has 0 saturated heterocycles. The predicted octanol–water partition coefficient (Wildman–Crippen LogP) is 3.33. The van der Waals surface area contributed by atoms with Gasteiger partial charge in [0.1, 0.15) is 5.82 Å². The molecule has 4 heterocycles. The summed E-state index contributed by atoms with van der Waals surface area (Å²) in [7, 11) is 0. The van der Waals surface area contributed by atoms with Crippen LogP contribution in [0.15, 0.2) is 40.6 Å². The Bertz CT molecular complexity index is 953. The minimum Gasteiger partial charge on any atom is -0.364 e. The zero-order chi connectivity index (χ0) is 15.9. The van der Waals surface area contributed by atoms with Crippen LogP contribution in [0.4, 0.5) is 5.82 Å². The van der Waals surface area contributed by atoms with Gasteiger partial charge in [0.25, 0.3) is 5.89 Å². The van der Waals surface area contributed by atoms with Crippen molar-refractivity contribution < 1.29 is 4.52 Å². The second kappa shape index (κ2) is 5.41. The highest BCUT2D eigenvalue weighted by atomic mass is 32.1. The number of nitrogens with one attached hydrogen (secondary N) is 1. The van der Waals surface area contributed by atoms with Gasteiger partial charge in [0.15, 0.2) is 10.8 Å². The van der Waals surface area contributed by atoms with Crippen molar-refractivity contribution in [2.24, 2.45) is 0 Å². The molecular weight excluding hydrogens is 324 g/mol. The van der Waals surface area contributed by atoms with E-state index in [1.165, 1.54) is 0 Å². The minimum atomic E-state index is 0.487. The number of imidazole rings is 1. The van der Waals surface area contributed by atoms with E-state index in [-0.39, 0.29) is 0 Å². The second-order valence-electron chi connectivity index (χ2n) is 5.84. The molecule has 1 fully saturated rings.